The molecule has 2 aromatic rings. The minimum Gasteiger partial charge on any atom is -0.462 e. The smallest absolute Gasteiger partial charge is 0.338 e. The SMILES string of the molecule is Cc1cccc(CCCOC(=O)c2cccc(Cl)c2)n1. The Labute approximate surface area is 123 Å². The topological polar surface area (TPSA) is 39.2 Å². The summed E-state index contributed by atoms with van der Waals surface area (Å²) in [6.07, 6.45) is 1.55. The summed E-state index contributed by atoms with van der Waals surface area (Å²) in [6, 6.07) is 12.7. The van der Waals surface area contributed by atoms with E-state index in [9.17, 15) is 4.79 Å². The fraction of sp³-hybridized carbons (Fsp3) is 0.250. The van der Waals surface area contributed by atoms with Gasteiger partial charge in [0, 0.05) is 16.4 Å². The molecule has 0 N–H and O–H groups in total. The van der Waals surface area contributed by atoms with Crippen LogP contribution < -0.4 is 0 Å². The van der Waals surface area contributed by atoms with Crippen molar-refractivity contribution in [2.45, 2.75) is 19.8 Å². The van der Waals surface area contributed by atoms with Gasteiger partial charge in [0.25, 0.3) is 0 Å². The van der Waals surface area contributed by atoms with Crippen molar-refractivity contribution in [2.24, 2.45) is 0 Å². The number of aromatic nitrogens is 1. The van der Waals surface area contributed by atoms with Gasteiger partial charge in [0.15, 0.2) is 0 Å². The summed E-state index contributed by atoms with van der Waals surface area (Å²) < 4.78 is 5.21. The third kappa shape index (κ3) is 4.35. The molecular formula is C16H16ClNO2. The van der Waals surface area contributed by atoms with Crippen molar-refractivity contribution in [3.63, 3.8) is 0 Å². The van der Waals surface area contributed by atoms with Gasteiger partial charge in [0.05, 0.1) is 12.2 Å². The second kappa shape index (κ2) is 7.06. The van der Waals surface area contributed by atoms with E-state index in [1.807, 2.05) is 25.1 Å². The lowest BCUT2D eigenvalue weighted by atomic mass is 10.2. The van der Waals surface area contributed by atoms with Crippen LogP contribution in [0.3, 0.4) is 0 Å². The van der Waals surface area contributed by atoms with Crippen LogP contribution in [0.25, 0.3) is 0 Å². The van der Waals surface area contributed by atoms with Crippen LogP contribution in [0.2, 0.25) is 5.02 Å². The molecule has 2 rings (SSSR count). The number of aryl methyl sites for hydroxylation is 2. The van der Waals surface area contributed by atoms with E-state index < -0.39 is 0 Å². The molecule has 1 aromatic heterocycles. The number of ether oxygens (including phenoxy) is 1. The van der Waals surface area contributed by atoms with Crippen LogP contribution in [-0.2, 0) is 11.2 Å². The monoisotopic (exact) mass is 289 g/mol. The van der Waals surface area contributed by atoms with Crippen LogP contribution in [0.5, 0.6) is 0 Å². The second-order valence-electron chi connectivity index (χ2n) is 4.52. The van der Waals surface area contributed by atoms with Gasteiger partial charge in [-0.25, -0.2) is 4.79 Å². The van der Waals surface area contributed by atoms with Gasteiger partial charge in [-0.15, -0.1) is 0 Å². The molecule has 1 aromatic carbocycles. The van der Waals surface area contributed by atoms with E-state index in [1.54, 1.807) is 24.3 Å². The van der Waals surface area contributed by atoms with Crippen LogP contribution in [0.1, 0.15) is 28.2 Å². The molecule has 1 heterocycles. The Morgan fingerprint density at radius 1 is 1.25 bits per heavy atom. The average molecular weight is 290 g/mol. The largest absolute Gasteiger partial charge is 0.462 e. The maximum atomic E-state index is 11.8. The van der Waals surface area contributed by atoms with Gasteiger partial charge in [-0.3, -0.25) is 4.98 Å². The summed E-state index contributed by atoms with van der Waals surface area (Å²) >= 11 is 5.83. The number of carbonyl (C=O) groups excluding carboxylic acids is 1. The summed E-state index contributed by atoms with van der Waals surface area (Å²) in [5.41, 5.74) is 2.49. The highest BCUT2D eigenvalue weighted by molar-refractivity contribution is 6.30. The first-order valence-electron chi connectivity index (χ1n) is 6.50. The summed E-state index contributed by atoms with van der Waals surface area (Å²) in [5, 5.41) is 0.531. The maximum Gasteiger partial charge on any atom is 0.338 e. The molecule has 0 unspecified atom stereocenters. The highest BCUT2D eigenvalue weighted by Crippen LogP contribution is 2.12. The van der Waals surface area contributed by atoms with Crippen LogP contribution in [0.15, 0.2) is 42.5 Å². The molecular weight excluding hydrogens is 274 g/mol. The fourth-order valence-corrected chi connectivity index (χ4v) is 2.05. The number of pyridine rings is 1. The lowest BCUT2D eigenvalue weighted by molar-refractivity contribution is 0.0500. The van der Waals surface area contributed by atoms with Gasteiger partial charge < -0.3 is 4.74 Å². The normalized spacial score (nSPS) is 10.3. The summed E-state index contributed by atoms with van der Waals surface area (Å²) in [7, 11) is 0. The van der Waals surface area contributed by atoms with Crippen molar-refractivity contribution in [3.8, 4) is 0 Å². The van der Waals surface area contributed by atoms with E-state index in [0.717, 1.165) is 24.2 Å². The standard InChI is InChI=1S/C16H16ClNO2/c1-12-5-2-8-15(18-12)9-4-10-20-16(19)13-6-3-7-14(17)11-13/h2-3,5-8,11H,4,9-10H2,1H3. The summed E-state index contributed by atoms with van der Waals surface area (Å²) in [6.45, 7) is 2.34. The minimum absolute atomic E-state index is 0.343. The summed E-state index contributed by atoms with van der Waals surface area (Å²) in [4.78, 5) is 16.2. The zero-order chi connectivity index (χ0) is 14.4. The quantitative estimate of drug-likeness (QED) is 0.620. The molecule has 0 saturated carbocycles. The fourth-order valence-electron chi connectivity index (χ4n) is 1.86. The van der Waals surface area contributed by atoms with E-state index in [1.165, 1.54) is 0 Å². The minimum atomic E-state index is -0.343. The number of hydrogen-bond donors (Lipinski definition) is 0. The van der Waals surface area contributed by atoms with E-state index in [2.05, 4.69) is 4.98 Å². The first-order valence-corrected chi connectivity index (χ1v) is 6.88. The molecule has 0 aliphatic heterocycles. The summed E-state index contributed by atoms with van der Waals surface area (Å²) in [5.74, 6) is -0.343. The van der Waals surface area contributed by atoms with Crippen LogP contribution in [-0.4, -0.2) is 17.6 Å². The molecule has 0 aliphatic carbocycles. The number of rotatable bonds is 5. The van der Waals surface area contributed by atoms with Gasteiger partial charge in [0.1, 0.15) is 0 Å². The predicted molar refractivity (Wildman–Crippen MR) is 79.0 cm³/mol. The zero-order valence-corrected chi connectivity index (χ0v) is 12.1. The van der Waals surface area contributed by atoms with Gasteiger partial charge in [0.2, 0.25) is 0 Å². The molecule has 0 atom stereocenters. The molecule has 0 aliphatic rings. The highest BCUT2D eigenvalue weighted by atomic mass is 35.5. The van der Waals surface area contributed by atoms with Crippen LogP contribution in [0, 0.1) is 6.92 Å². The molecule has 0 spiro atoms. The average Bonchev–Trinajstić information content (AvgIpc) is 2.43. The van der Waals surface area contributed by atoms with Gasteiger partial charge in [-0.1, -0.05) is 23.7 Å². The van der Waals surface area contributed by atoms with Crippen molar-refractivity contribution in [1.82, 2.24) is 4.98 Å². The molecule has 4 heteroatoms. The molecule has 0 bridgehead atoms. The van der Waals surface area contributed by atoms with Crippen molar-refractivity contribution in [3.05, 3.63) is 64.4 Å². The number of nitrogens with zero attached hydrogens (tertiary/aromatic N) is 1. The lowest BCUT2D eigenvalue weighted by Crippen LogP contribution is -2.07. The van der Waals surface area contributed by atoms with E-state index >= 15 is 0 Å². The maximum absolute atomic E-state index is 11.8. The lowest BCUT2D eigenvalue weighted by Gasteiger charge is -2.05. The predicted octanol–water partition coefficient (Wildman–Crippen LogP) is 3.83. The molecule has 0 amide bonds. The Morgan fingerprint density at radius 2 is 2.05 bits per heavy atom. The molecule has 0 radical (unpaired) electrons. The van der Waals surface area contributed by atoms with E-state index in [0.29, 0.717) is 17.2 Å². The third-order valence-electron chi connectivity index (χ3n) is 2.82. The Hall–Kier alpha value is -1.87. The first-order chi connectivity index (χ1) is 9.65. The van der Waals surface area contributed by atoms with Crippen molar-refractivity contribution >= 4 is 17.6 Å². The Balaban J connectivity index is 1.77. The molecule has 104 valence electrons. The number of benzene rings is 1. The van der Waals surface area contributed by atoms with Gasteiger partial charge >= 0.3 is 5.97 Å². The highest BCUT2D eigenvalue weighted by Gasteiger charge is 2.07. The molecule has 3 nitrogen and oxygen atoms in total. The van der Waals surface area contributed by atoms with Gasteiger partial charge in [-0.05, 0) is 50.1 Å². The van der Waals surface area contributed by atoms with E-state index in [4.69, 9.17) is 16.3 Å². The third-order valence-corrected chi connectivity index (χ3v) is 3.05. The van der Waals surface area contributed by atoms with Crippen molar-refractivity contribution < 1.29 is 9.53 Å². The van der Waals surface area contributed by atoms with Gasteiger partial charge in [-0.2, -0.15) is 0 Å². The number of halogens is 1. The number of carbonyl (C=O) groups is 1. The number of esters is 1. The Bertz CT molecular complexity index is 599. The van der Waals surface area contributed by atoms with E-state index in [-0.39, 0.29) is 5.97 Å². The van der Waals surface area contributed by atoms with Crippen LogP contribution in [0.4, 0.5) is 0 Å². The molecule has 0 saturated heterocycles. The Kier molecular flexibility index (Phi) is 5.13. The zero-order valence-electron chi connectivity index (χ0n) is 11.3. The second-order valence-corrected chi connectivity index (χ2v) is 4.96. The number of hydrogen-bond acceptors (Lipinski definition) is 3. The first kappa shape index (κ1) is 14.5. The van der Waals surface area contributed by atoms with Crippen molar-refractivity contribution in [2.75, 3.05) is 6.61 Å². The van der Waals surface area contributed by atoms with Crippen LogP contribution >= 0.6 is 11.6 Å². The van der Waals surface area contributed by atoms with Crippen molar-refractivity contribution in [1.29, 1.82) is 0 Å². The Morgan fingerprint density at radius 3 is 2.80 bits per heavy atom. The molecule has 20 heavy (non-hydrogen) atoms. The molecule has 0 fully saturated rings.